The van der Waals surface area contributed by atoms with Crippen molar-refractivity contribution in [2.45, 2.75) is 0 Å². The van der Waals surface area contributed by atoms with Crippen LogP contribution in [0.5, 0.6) is 0 Å². The van der Waals surface area contributed by atoms with Gasteiger partial charge in [0, 0.05) is 0 Å². The lowest BCUT2D eigenvalue weighted by Crippen LogP contribution is -2.37. The lowest BCUT2D eigenvalue weighted by Gasteiger charge is -1.96. The summed E-state index contributed by atoms with van der Waals surface area (Å²) in [4.78, 5) is 8.33. The van der Waals surface area contributed by atoms with Gasteiger partial charge in [-0.05, 0) is 6.16 Å². The minimum absolute atomic E-state index is 0. The smallest absolute Gasteiger partial charge is 0.0431 e. The van der Waals surface area contributed by atoms with Crippen LogP contribution in [0.4, 0.5) is 4.79 Å². The molecule has 0 saturated carbocycles. The maximum absolute atomic E-state index is 8.33. The second kappa shape index (κ2) is 35.8. The van der Waals surface area contributed by atoms with Crippen molar-refractivity contribution in [1.29, 1.82) is 0 Å². The molecule has 0 aromatic heterocycles. The molecule has 0 spiro atoms. The molecule has 0 aliphatic rings. The summed E-state index contributed by atoms with van der Waals surface area (Å²) in [6, 6.07) is 0. The SMILES string of the molecule is O.O.O=C([O-])[O-].[NH4+].[NH4+]. The summed E-state index contributed by atoms with van der Waals surface area (Å²) in [7, 11) is 0. The van der Waals surface area contributed by atoms with E-state index in [0.29, 0.717) is 0 Å². The van der Waals surface area contributed by atoms with Gasteiger partial charge in [0.25, 0.3) is 0 Å². The molecule has 0 aliphatic heterocycles. The van der Waals surface area contributed by atoms with Crippen LogP contribution in [0.25, 0.3) is 0 Å². The van der Waals surface area contributed by atoms with E-state index in [2.05, 4.69) is 0 Å². The molecule has 0 rings (SSSR count). The van der Waals surface area contributed by atoms with Gasteiger partial charge in [0.05, 0.1) is 0 Å². The van der Waals surface area contributed by atoms with E-state index in [9.17, 15) is 0 Å². The van der Waals surface area contributed by atoms with E-state index in [1.807, 2.05) is 0 Å². The number of rotatable bonds is 0. The Morgan fingerprint density at radius 2 is 1.00 bits per heavy atom. The monoisotopic (exact) mass is 132 g/mol. The highest BCUT2D eigenvalue weighted by Crippen LogP contribution is 1.21. The molecule has 0 unspecified atom stereocenters. The van der Waals surface area contributed by atoms with Gasteiger partial charge in [-0.3, -0.25) is 0 Å². The third-order valence-electron chi connectivity index (χ3n) is 0. The third-order valence-corrected chi connectivity index (χ3v) is 0. The molecular formula is CH12N2O5. The average Bonchev–Trinajstić information content (AvgIpc) is 0.811. The van der Waals surface area contributed by atoms with Crippen molar-refractivity contribution in [3.63, 3.8) is 0 Å². The van der Waals surface area contributed by atoms with Gasteiger partial charge in [-0.25, -0.2) is 0 Å². The van der Waals surface area contributed by atoms with Crippen LogP contribution in [0.1, 0.15) is 0 Å². The fourth-order valence-electron chi connectivity index (χ4n) is 0. The molecule has 0 bridgehead atoms. The van der Waals surface area contributed by atoms with Crippen LogP contribution in [0.2, 0.25) is 0 Å². The van der Waals surface area contributed by atoms with Crippen LogP contribution >= 0.6 is 0 Å². The summed E-state index contributed by atoms with van der Waals surface area (Å²) in [5.74, 6) is 0. The van der Waals surface area contributed by atoms with Crippen LogP contribution in [0.15, 0.2) is 0 Å². The fourth-order valence-corrected chi connectivity index (χ4v) is 0. The molecule has 0 fully saturated rings. The summed E-state index contributed by atoms with van der Waals surface area (Å²) >= 11 is 0. The van der Waals surface area contributed by atoms with Crippen molar-refractivity contribution in [3.8, 4) is 0 Å². The molecule has 8 heavy (non-hydrogen) atoms. The van der Waals surface area contributed by atoms with Crippen LogP contribution in [0.3, 0.4) is 0 Å². The molecular weight excluding hydrogens is 120 g/mol. The Labute approximate surface area is 45.7 Å². The molecule has 0 aliphatic carbocycles. The van der Waals surface area contributed by atoms with Gasteiger partial charge in [-0.1, -0.05) is 0 Å². The second-order valence-electron chi connectivity index (χ2n) is 0.250. The molecule has 12 N–H and O–H groups in total. The lowest BCUT2D eigenvalue weighted by atomic mass is 11.5. The minimum Gasteiger partial charge on any atom is -0.652 e. The van der Waals surface area contributed by atoms with E-state index in [0.717, 1.165) is 0 Å². The maximum atomic E-state index is 8.33. The van der Waals surface area contributed by atoms with Gasteiger partial charge in [-0.15, -0.1) is 0 Å². The highest BCUT2D eigenvalue weighted by Gasteiger charge is 1.26. The average molecular weight is 132 g/mol. The minimum atomic E-state index is -2.33. The van der Waals surface area contributed by atoms with Gasteiger partial charge >= 0.3 is 0 Å². The molecule has 0 heterocycles. The standard InChI is InChI=1S/CH2O3.2H3N.2H2O/c2-1(3)4;;;;/h(H2,2,3,4);2*1H3;2*1H2. The van der Waals surface area contributed by atoms with Gasteiger partial charge < -0.3 is 38.3 Å². The molecule has 0 amide bonds. The first kappa shape index (κ1) is 59.6. The lowest BCUT2D eigenvalue weighted by molar-refractivity contribution is -0.415. The molecule has 56 valence electrons. The summed E-state index contributed by atoms with van der Waals surface area (Å²) in [6.45, 7) is 0. The second-order valence-corrected chi connectivity index (χ2v) is 0.250. The van der Waals surface area contributed by atoms with Gasteiger partial charge in [0.1, 0.15) is 0 Å². The van der Waals surface area contributed by atoms with Crippen molar-refractivity contribution in [2.24, 2.45) is 0 Å². The third kappa shape index (κ3) is 109. The Morgan fingerprint density at radius 3 is 1.00 bits per heavy atom. The van der Waals surface area contributed by atoms with E-state index in [4.69, 9.17) is 15.0 Å². The Kier molecular flexibility index (Phi) is 267. The summed E-state index contributed by atoms with van der Waals surface area (Å²) in [5.41, 5.74) is 0. The largest absolute Gasteiger partial charge is 0.652 e. The predicted octanol–water partition coefficient (Wildman–Crippen LogP) is -3.34. The molecule has 7 heteroatoms. The summed E-state index contributed by atoms with van der Waals surface area (Å²) in [6.07, 6.45) is -2.33. The quantitative estimate of drug-likeness (QED) is 0.347. The summed E-state index contributed by atoms with van der Waals surface area (Å²) < 4.78 is 0. The van der Waals surface area contributed by atoms with Crippen molar-refractivity contribution in [3.05, 3.63) is 0 Å². The zero-order valence-electron chi connectivity index (χ0n) is 4.72. The number of quaternary nitrogens is 2. The number of hydrogen-bond donors (Lipinski definition) is 2. The zero-order chi connectivity index (χ0) is 3.58. The molecule has 7 nitrogen and oxygen atoms in total. The van der Waals surface area contributed by atoms with Crippen molar-refractivity contribution in [2.75, 3.05) is 0 Å². The van der Waals surface area contributed by atoms with Crippen molar-refractivity contribution < 1.29 is 26.0 Å². The molecule has 0 aromatic rings. The van der Waals surface area contributed by atoms with E-state index in [1.54, 1.807) is 0 Å². The Hall–Kier alpha value is -0.890. The molecule has 0 radical (unpaired) electrons. The van der Waals surface area contributed by atoms with E-state index in [-0.39, 0.29) is 23.3 Å². The van der Waals surface area contributed by atoms with E-state index in [1.165, 1.54) is 0 Å². The highest BCUT2D eigenvalue weighted by molar-refractivity contribution is 5.47. The van der Waals surface area contributed by atoms with Gasteiger partial charge in [0.2, 0.25) is 0 Å². The maximum Gasteiger partial charge on any atom is -0.0431 e. The summed E-state index contributed by atoms with van der Waals surface area (Å²) in [5, 5.41) is 16.7. The number of hydrogen-bond acceptors (Lipinski definition) is 3. The molecule has 0 atom stereocenters. The van der Waals surface area contributed by atoms with Crippen LogP contribution < -0.4 is 22.5 Å². The number of carbonyl (C=O) groups excluding carboxylic acids is 1. The number of carboxylic acid groups (broad SMARTS) is 2. The Bertz CT molecular complexity index is 33.4. The van der Waals surface area contributed by atoms with Crippen LogP contribution in [0, 0.1) is 0 Å². The first-order chi connectivity index (χ1) is 1.73. The highest BCUT2D eigenvalue weighted by atomic mass is 16.6. The fraction of sp³-hybridized carbons (Fsp3) is 0. The Morgan fingerprint density at radius 1 is 1.00 bits per heavy atom. The zero-order valence-corrected chi connectivity index (χ0v) is 4.72. The topological polar surface area (TPSA) is 199 Å². The first-order valence-corrected chi connectivity index (χ1v) is 0.612. The predicted molar refractivity (Wildman–Crippen MR) is 24.6 cm³/mol. The van der Waals surface area contributed by atoms with E-state index < -0.39 is 6.16 Å². The first-order valence-electron chi connectivity index (χ1n) is 0.612. The van der Waals surface area contributed by atoms with Crippen molar-refractivity contribution >= 4 is 6.16 Å². The van der Waals surface area contributed by atoms with Crippen LogP contribution in [-0.4, -0.2) is 17.1 Å². The van der Waals surface area contributed by atoms with Gasteiger partial charge in [-0.2, -0.15) is 0 Å². The van der Waals surface area contributed by atoms with E-state index >= 15 is 0 Å². The van der Waals surface area contributed by atoms with Gasteiger partial charge in [0.15, 0.2) is 0 Å². The molecule has 0 saturated heterocycles. The van der Waals surface area contributed by atoms with Crippen molar-refractivity contribution in [1.82, 2.24) is 12.3 Å². The van der Waals surface area contributed by atoms with Crippen LogP contribution in [-0.2, 0) is 0 Å². The normalized spacial score (nSPS) is 3.00. The number of carbonyl (C=O) groups is 1. The molecule has 0 aromatic carbocycles. The Balaban J connectivity index is -0.00000000750.